The molecule has 0 amide bonds. The maximum absolute atomic E-state index is 9.00. The summed E-state index contributed by atoms with van der Waals surface area (Å²) in [6.07, 6.45) is -0.118. The molecule has 4 rings (SSSR count). The van der Waals surface area contributed by atoms with E-state index in [1.165, 1.54) is 0 Å². The summed E-state index contributed by atoms with van der Waals surface area (Å²) < 4.78 is 13.5. The van der Waals surface area contributed by atoms with E-state index in [4.69, 9.17) is 26.3 Å². The SMILES string of the molecule is Cc1c(C#N)nc2n1C[C@@H](COc1ccc(-c3ccccc3Cl)cc1)O2. The number of rotatable bonds is 4. The molecule has 0 bridgehead atoms. The largest absolute Gasteiger partial charge is 0.490 e. The number of hydrogen-bond donors (Lipinski definition) is 0. The summed E-state index contributed by atoms with van der Waals surface area (Å²) in [4.78, 5) is 4.18. The maximum Gasteiger partial charge on any atom is 0.298 e. The van der Waals surface area contributed by atoms with Gasteiger partial charge in [0.15, 0.2) is 11.8 Å². The normalized spacial score (nSPS) is 15.2. The minimum atomic E-state index is -0.118. The van der Waals surface area contributed by atoms with Crippen molar-refractivity contribution in [1.82, 2.24) is 9.55 Å². The number of nitriles is 1. The van der Waals surface area contributed by atoms with E-state index >= 15 is 0 Å². The third-order valence-electron chi connectivity index (χ3n) is 4.43. The third-order valence-corrected chi connectivity index (χ3v) is 4.75. The zero-order valence-electron chi connectivity index (χ0n) is 14.1. The second-order valence-corrected chi connectivity index (χ2v) is 6.51. The van der Waals surface area contributed by atoms with Crippen molar-refractivity contribution >= 4 is 11.6 Å². The molecule has 26 heavy (non-hydrogen) atoms. The molecule has 0 aliphatic carbocycles. The molecule has 1 aliphatic rings. The van der Waals surface area contributed by atoms with Crippen LogP contribution < -0.4 is 9.47 Å². The van der Waals surface area contributed by atoms with E-state index in [-0.39, 0.29) is 6.10 Å². The zero-order valence-corrected chi connectivity index (χ0v) is 14.9. The molecule has 0 N–H and O–H groups in total. The highest BCUT2D eigenvalue weighted by Crippen LogP contribution is 2.29. The van der Waals surface area contributed by atoms with Crippen LogP contribution in [0.5, 0.6) is 11.8 Å². The van der Waals surface area contributed by atoms with Gasteiger partial charge in [-0.05, 0) is 30.7 Å². The average Bonchev–Trinajstić information content (AvgIpc) is 3.19. The molecule has 2 heterocycles. The van der Waals surface area contributed by atoms with Crippen molar-refractivity contribution in [2.45, 2.75) is 19.6 Å². The first kappa shape index (κ1) is 16.5. The molecule has 0 unspecified atom stereocenters. The minimum Gasteiger partial charge on any atom is -0.490 e. The summed E-state index contributed by atoms with van der Waals surface area (Å²) in [6, 6.07) is 18.1. The highest BCUT2D eigenvalue weighted by Gasteiger charge is 2.28. The Morgan fingerprint density at radius 3 is 2.73 bits per heavy atom. The van der Waals surface area contributed by atoms with Crippen LogP contribution in [0.3, 0.4) is 0 Å². The Bertz CT molecular complexity index is 989. The molecule has 2 aromatic carbocycles. The Morgan fingerprint density at radius 1 is 1.27 bits per heavy atom. The Labute approximate surface area is 156 Å². The van der Waals surface area contributed by atoms with Crippen molar-refractivity contribution in [2.24, 2.45) is 0 Å². The Morgan fingerprint density at radius 2 is 2.04 bits per heavy atom. The zero-order chi connectivity index (χ0) is 18.1. The lowest BCUT2D eigenvalue weighted by Crippen LogP contribution is -2.24. The first-order chi connectivity index (χ1) is 12.7. The van der Waals surface area contributed by atoms with E-state index < -0.39 is 0 Å². The minimum absolute atomic E-state index is 0.118. The molecule has 5 nitrogen and oxygen atoms in total. The average molecular weight is 366 g/mol. The molecule has 0 spiro atoms. The van der Waals surface area contributed by atoms with Crippen LogP contribution in [-0.2, 0) is 6.54 Å². The number of aromatic nitrogens is 2. The monoisotopic (exact) mass is 365 g/mol. The summed E-state index contributed by atoms with van der Waals surface area (Å²) in [5.41, 5.74) is 3.28. The van der Waals surface area contributed by atoms with E-state index in [2.05, 4.69) is 11.1 Å². The van der Waals surface area contributed by atoms with Gasteiger partial charge >= 0.3 is 0 Å². The van der Waals surface area contributed by atoms with Gasteiger partial charge in [-0.25, -0.2) is 0 Å². The van der Waals surface area contributed by atoms with Gasteiger partial charge in [-0.2, -0.15) is 10.2 Å². The van der Waals surface area contributed by atoms with Gasteiger partial charge in [0.1, 0.15) is 18.4 Å². The number of ether oxygens (including phenoxy) is 2. The summed E-state index contributed by atoms with van der Waals surface area (Å²) in [5.74, 6) is 0.767. The van der Waals surface area contributed by atoms with Gasteiger partial charge in [0, 0.05) is 10.6 Å². The first-order valence-electron chi connectivity index (χ1n) is 8.27. The van der Waals surface area contributed by atoms with E-state index in [0.717, 1.165) is 27.6 Å². The van der Waals surface area contributed by atoms with Gasteiger partial charge in [0.25, 0.3) is 6.01 Å². The molecular formula is C20H16ClN3O2. The lowest BCUT2D eigenvalue weighted by atomic mass is 10.1. The van der Waals surface area contributed by atoms with Crippen LogP contribution in [0.1, 0.15) is 11.4 Å². The molecule has 0 saturated heterocycles. The van der Waals surface area contributed by atoms with E-state index in [1.807, 2.05) is 60.0 Å². The molecule has 1 aromatic heterocycles. The van der Waals surface area contributed by atoms with E-state index in [1.54, 1.807) is 0 Å². The number of benzene rings is 2. The quantitative estimate of drug-likeness (QED) is 0.694. The van der Waals surface area contributed by atoms with Crippen molar-refractivity contribution in [3.05, 3.63) is 64.9 Å². The third kappa shape index (κ3) is 3.00. The first-order valence-corrected chi connectivity index (χ1v) is 8.65. The van der Waals surface area contributed by atoms with Crippen molar-refractivity contribution in [1.29, 1.82) is 5.26 Å². The summed E-state index contributed by atoms with van der Waals surface area (Å²) in [5, 5.41) is 9.73. The van der Waals surface area contributed by atoms with Crippen molar-refractivity contribution in [3.8, 4) is 29.0 Å². The van der Waals surface area contributed by atoms with Crippen LogP contribution in [0.25, 0.3) is 11.1 Å². The van der Waals surface area contributed by atoms with Crippen molar-refractivity contribution in [3.63, 3.8) is 0 Å². The van der Waals surface area contributed by atoms with Gasteiger partial charge in [0.05, 0.1) is 12.2 Å². The van der Waals surface area contributed by atoms with Crippen LogP contribution in [0, 0.1) is 18.3 Å². The number of hydrogen-bond acceptors (Lipinski definition) is 4. The van der Waals surface area contributed by atoms with Gasteiger partial charge in [-0.15, -0.1) is 0 Å². The van der Waals surface area contributed by atoms with Crippen LogP contribution in [-0.4, -0.2) is 22.3 Å². The highest BCUT2D eigenvalue weighted by molar-refractivity contribution is 6.33. The van der Waals surface area contributed by atoms with Crippen molar-refractivity contribution < 1.29 is 9.47 Å². The number of halogens is 1. The molecule has 0 fully saturated rings. The fourth-order valence-corrected chi connectivity index (χ4v) is 3.26. The highest BCUT2D eigenvalue weighted by atomic mass is 35.5. The fourth-order valence-electron chi connectivity index (χ4n) is 3.01. The summed E-state index contributed by atoms with van der Waals surface area (Å²) in [7, 11) is 0. The lowest BCUT2D eigenvalue weighted by Gasteiger charge is -2.12. The predicted octanol–water partition coefficient (Wildman–Crippen LogP) is 4.22. The molecule has 6 heteroatoms. The Hall–Kier alpha value is -2.97. The number of nitrogens with zero attached hydrogens (tertiary/aromatic N) is 3. The molecular weight excluding hydrogens is 350 g/mol. The van der Waals surface area contributed by atoms with E-state index in [9.17, 15) is 0 Å². The van der Waals surface area contributed by atoms with E-state index in [0.29, 0.717) is 24.9 Å². The van der Waals surface area contributed by atoms with Gasteiger partial charge < -0.3 is 9.47 Å². The van der Waals surface area contributed by atoms with Crippen LogP contribution in [0.2, 0.25) is 5.02 Å². The maximum atomic E-state index is 9.00. The molecule has 1 atom stereocenters. The van der Waals surface area contributed by atoms with Crippen LogP contribution >= 0.6 is 11.6 Å². The Balaban J connectivity index is 1.39. The molecule has 130 valence electrons. The second-order valence-electron chi connectivity index (χ2n) is 6.11. The van der Waals surface area contributed by atoms with Gasteiger partial charge in [-0.3, -0.25) is 4.57 Å². The number of imidazole rings is 1. The smallest absolute Gasteiger partial charge is 0.298 e. The standard InChI is InChI=1S/C20H16ClN3O2/c1-13-19(10-22)23-20-24(13)11-16(26-20)12-25-15-8-6-14(7-9-15)17-4-2-3-5-18(17)21/h2-9,16H,11-12H2,1H3/t16-/m0/s1. The van der Waals surface area contributed by atoms with Gasteiger partial charge in [-0.1, -0.05) is 41.9 Å². The molecule has 1 aliphatic heterocycles. The fraction of sp³-hybridized carbons (Fsp3) is 0.200. The van der Waals surface area contributed by atoms with Crippen molar-refractivity contribution in [2.75, 3.05) is 6.61 Å². The van der Waals surface area contributed by atoms with Gasteiger partial charge in [0.2, 0.25) is 0 Å². The second kappa shape index (κ2) is 6.74. The lowest BCUT2D eigenvalue weighted by molar-refractivity contribution is 0.143. The molecule has 3 aromatic rings. The number of fused-ring (bicyclic) bond motifs is 1. The Kier molecular flexibility index (Phi) is 4.27. The topological polar surface area (TPSA) is 60.1 Å². The molecule has 0 radical (unpaired) electrons. The molecule has 0 saturated carbocycles. The summed E-state index contributed by atoms with van der Waals surface area (Å²) in [6.45, 7) is 2.92. The summed E-state index contributed by atoms with van der Waals surface area (Å²) >= 11 is 6.24. The van der Waals surface area contributed by atoms with Crippen LogP contribution in [0.4, 0.5) is 0 Å². The van der Waals surface area contributed by atoms with Crippen LogP contribution in [0.15, 0.2) is 48.5 Å². The predicted molar refractivity (Wildman–Crippen MR) is 98.5 cm³/mol.